The Labute approximate surface area is 85.3 Å². The highest BCUT2D eigenvalue weighted by molar-refractivity contribution is 6.11. The van der Waals surface area contributed by atoms with Crippen molar-refractivity contribution in [2.45, 2.75) is 36.8 Å². The van der Waals surface area contributed by atoms with Crippen LogP contribution < -0.4 is 0 Å². The van der Waals surface area contributed by atoms with E-state index in [0.29, 0.717) is 6.61 Å². The number of ether oxygens (including phenoxy) is 4. The molecule has 2 unspecified atom stereocenters. The molecular formula is C9H15BO4. The predicted molar refractivity (Wildman–Crippen MR) is 50.4 cm³/mol. The Morgan fingerprint density at radius 2 is 2.21 bits per heavy atom. The van der Waals surface area contributed by atoms with Gasteiger partial charge in [-0.05, 0) is 6.92 Å². The molecule has 0 saturated carbocycles. The van der Waals surface area contributed by atoms with Crippen molar-refractivity contribution in [1.82, 2.24) is 0 Å². The molecule has 14 heavy (non-hydrogen) atoms. The maximum atomic E-state index is 5.78. The average Bonchev–Trinajstić information content (AvgIpc) is 2.68. The van der Waals surface area contributed by atoms with Gasteiger partial charge in [-0.1, -0.05) is 0 Å². The van der Waals surface area contributed by atoms with E-state index in [1.165, 1.54) is 0 Å². The van der Waals surface area contributed by atoms with E-state index >= 15 is 0 Å². The minimum atomic E-state index is -0.534. The monoisotopic (exact) mass is 198 g/mol. The third-order valence-electron chi connectivity index (χ3n) is 3.26. The molecule has 2 radical (unpaired) electrons. The van der Waals surface area contributed by atoms with Gasteiger partial charge in [0.25, 0.3) is 0 Å². The van der Waals surface area contributed by atoms with Crippen LogP contribution in [-0.2, 0) is 18.9 Å². The van der Waals surface area contributed by atoms with Gasteiger partial charge in [-0.2, -0.15) is 0 Å². The van der Waals surface area contributed by atoms with Crippen LogP contribution in [0.3, 0.4) is 0 Å². The van der Waals surface area contributed by atoms with Crippen molar-refractivity contribution < 1.29 is 18.9 Å². The molecule has 2 aliphatic heterocycles. The van der Waals surface area contributed by atoms with Gasteiger partial charge in [-0.25, -0.2) is 0 Å². The molecule has 2 fully saturated rings. The molecule has 0 amide bonds. The van der Waals surface area contributed by atoms with Gasteiger partial charge in [0.1, 0.15) is 25.7 Å². The summed E-state index contributed by atoms with van der Waals surface area (Å²) in [6.45, 7) is 2.43. The molecule has 2 aliphatic rings. The molecule has 2 bridgehead atoms. The normalized spacial score (nSPS) is 48.4. The maximum Gasteiger partial charge on any atom is 0.145 e. The Morgan fingerprint density at radius 1 is 1.50 bits per heavy atom. The van der Waals surface area contributed by atoms with Crippen LogP contribution in [0.4, 0.5) is 0 Å². The molecule has 4 nitrogen and oxygen atoms in total. The Kier molecular flexibility index (Phi) is 2.60. The molecule has 5 atom stereocenters. The van der Waals surface area contributed by atoms with E-state index < -0.39 is 11.6 Å². The molecule has 2 saturated heterocycles. The Morgan fingerprint density at radius 3 is 2.71 bits per heavy atom. The summed E-state index contributed by atoms with van der Waals surface area (Å²) in [4.78, 5) is 0. The molecule has 0 spiro atoms. The van der Waals surface area contributed by atoms with Crippen molar-refractivity contribution in [2.75, 3.05) is 20.8 Å². The van der Waals surface area contributed by atoms with Crippen LogP contribution in [0.15, 0.2) is 0 Å². The Hall–Kier alpha value is -0.0951. The summed E-state index contributed by atoms with van der Waals surface area (Å²) in [6, 6.07) is -0.411. The SMILES string of the molecule is [B][C@@H]1O[C@]2(C(C)OC)CO[C@H]1C2OC. The predicted octanol–water partition coefficient (Wildman–Crippen LogP) is -0.301. The van der Waals surface area contributed by atoms with Crippen LogP contribution in [-0.4, -0.2) is 58.6 Å². The third kappa shape index (κ3) is 1.16. The van der Waals surface area contributed by atoms with Gasteiger partial charge in [0.05, 0.1) is 12.7 Å². The maximum absolute atomic E-state index is 5.78. The van der Waals surface area contributed by atoms with Gasteiger partial charge in [0.15, 0.2) is 0 Å². The van der Waals surface area contributed by atoms with Crippen LogP contribution in [0.5, 0.6) is 0 Å². The number of hydrogen-bond acceptors (Lipinski definition) is 4. The van der Waals surface area contributed by atoms with Gasteiger partial charge in [0.2, 0.25) is 0 Å². The van der Waals surface area contributed by atoms with E-state index in [-0.39, 0.29) is 18.3 Å². The van der Waals surface area contributed by atoms with Crippen molar-refractivity contribution in [2.24, 2.45) is 0 Å². The summed E-state index contributed by atoms with van der Waals surface area (Å²) < 4.78 is 21.9. The lowest BCUT2D eigenvalue weighted by atomic mass is 9.89. The van der Waals surface area contributed by atoms with Crippen LogP contribution in [0, 0.1) is 0 Å². The first-order valence-corrected chi connectivity index (χ1v) is 4.76. The number of fused-ring (bicyclic) bond motifs is 2. The molecular weight excluding hydrogens is 183 g/mol. The standard InChI is InChI=1S/C9H15BO4/c1-5(11-2)9-4-13-6(7(9)12-3)8(10)14-9/h5-8H,4H2,1-3H3/t5?,6-,7?,8+,9-/m0/s1. The van der Waals surface area contributed by atoms with Crippen molar-refractivity contribution in [3.05, 3.63) is 0 Å². The van der Waals surface area contributed by atoms with E-state index in [4.69, 9.17) is 26.8 Å². The van der Waals surface area contributed by atoms with Crippen LogP contribution in [0.25, 0.3) is 0 Å². The lowest BCUT2D eigenvalue weighted by molar-refractivity contribution is -0.173. The van der Waals surface area contributed by atoms with Gasteiger partial charge < -0.3 is 18.9 Å². The minimum absolute atomic E-state index is 0.0917. The quantitative estimate of drug-likeness (QED) is 0.583. The zero-order valence-electron chi connectivity index (χ0n) is 8.73. The molecule has 0 aromatic carbocycles. The molecule has 5 heteroatoms. The van der Waals surface area contributed by atoms with E-state index in [0.717, 1.165) is 0 Å². The lowest BCUT2D eigenvalue weighted by Gasteiger charge is -2.35. The van der Waals surface area contributed by atoms with Crippen molar-refractivity contribution >= 4 is 7.85 Å². The fraction of sp³-hybridized carbons (Fsp3) is 1.00. The van der Waals surface area contributed by atoms with E-state index in [9.17, 15) is 0 Å². The number of rotatable bonds is 3. The van der Waals surface area contributed by atoms with E-state index in [2.05, 4.69) is 0 Å². The first kappa shape index (κ1) is 10.4. The van der Waals surface area contributed by atoms with Gasteiger partial charge in [-0.15, -0.1) is 0 Å². The van der Waals surface area contributed by atoms with Gasteiger partial charge >= 0.3 is 0 Å². The second-order valence-corrected chi connectivity index (χ2v) is 3.85. The second-order valence-electron chi connectivity index (χ2n) is 3.85. The van der Waals surface area contributed by atoms with Crippen molar-refractivity contribution in [3.8, 4) is 0 Å². The summed E-state index contributed by atoms with van der Waals surface area (Å²) in [5, 5.41) is 0. The van der Waals surface area contributed by atoms with E-state index in [1.54, 1.807) is 14.2 Å². The molecule has 2 rings (SSSR count). The molecule has 0 aromatic rings. The minimum Gasteiger partial charge on any atom is -0.379 e. The van der Waals surface area contributed by atoms with Crippen molar-refractivity contribution in [1.29, 1.82) is 0 Å². The summed E-state index contributed by atoms with van der Waals surface area (Å²) in [6.07, 6.45) is -0.393. The fourth-order valence-electron chi connectivity index (χ4n) is 2.34. The highest BCUT2D eigenvalue weighted by atomic mass is 16.7. The summed E-state index contributed by atoms with van der Waals surface area (Å²) >= 11 is 0. The number of methoxy groups -OCH3 is 2. The van der Waals surface area contributed by atoms with Gasteiger partial charge in [-0.3, -0.25) is 0 Å². The summed E-state index contributed by atoms with van der Waals surface area (Å²) in [5.41, 5.74) is -0.534. The molecule has 2 heterocycles. The van der Waals surface area contributed by atoms with Gasteiger partial charge in [0, 0.05) is 20.2 Å². The molecule has 0 aromatic heterocycles. The Balaban J connectivity index is 2.24. The largest absolute Gasteiger partial charge is 0.379 e. The lowest BCUT2D eigenvalue weighted by Crippen LogP contribution is -2.51. The summed E-state index contributed by atoms with van der Waals surface area (Å²) in [7, 11) is 9.07. The molecule has 0 N–H and O–H groups in total. The van der Waals surface area contributed by atoms with Crippen LogP contribution in [0.1, 0.15) is 6.92 Å². The molecule has 0 aliphatic carbocycles. The summed E-state index contributed by atoms with van der Waals surface area (Å²) in [5.74, 6) is 0. The highest BCUT2D eigenvalue weighted by Gasteiger charge is 2.62. The first-order valence-electron chi connectivity index (χ1n) is 4.76. The van der Waals surface area contributed by atoms with Crippen molar-refractivity contribution in [3.63, 3.8) is 0 Å². The smallest absolute Gasteiger partial charge is 0.145 e. The average molecular weight is 198 g/mol. The van der Waals surface area contributed by atoms with Crippen LogP contribution in [0.2, 0.25) is 0 Å². The zero-order valence-corrected chi connectivity index (χ0v) is 8.73. The zero-order chi connectivity index (χ0) is 10.3. The first-order chi connectivity index (χ1) is 6.65. The second kappa shape index (κ2) is 3.49. The third-order valence-corrected chi connectivity index (χ3v) is 3.26. The van der Waals surface area contributed by atoms with E-state index in [1.807, 2.05) is 6.92 Å². The molecule has 78 valence electrons. The fourth-order valence-corrected chi connectivity index (χ4v) is 2.34. The Bertz CT molecular complexity index is 225. The highest BCUT2D eigenvalue weighted by Crippen LogP contribution is 2.43. The number of hydrogen-bond donors (Lipinski definition) is 0. The topological polar surface area (TPSA) is 36.9 Å². The van der Waals surface area contributed by atoms with Crippen LogP contribution >= 0.6 is 0 Å².